The lowest BCUT2D eigenvalue weighted by atomic mass is 10.0. The van der Waals surface area contributed by atoms with Crippen molar-refractivity contribution >= 4 is 11.8 Å². The molecule has 27 heavy (non-hydrogen) atoms. The van der Waals surface area contributed by atoms with Crippen molar-refractivity contribution in [1.29, 1.82) is 0 Å². The van der Waals surface area contributed by atoms with Crippen LogP contribution >= 0.6 is 0 Å². The Bertz CT molecular complexity index is 944. The predicted octanol–water partition coefficient (Wildman–Crippen LogP) is 5.14. The summed E-state index contributed by atoms with van der Waals surface area (Å²) in [5.41, 5.74) is 2.80. The fourth-order valence-electron chi connectivity index (χ4n) is 2.61. The number of benzene rings is 3. The van der Waals surface area contributed by atoms with E-state index in [0.29, 0.717) is 22.6 Å². The van der Waals surface area contributed by atoms with E-state index in [-0.39, 0.29) is 12.4 Å². The first-order valence-electron chi connectivity index (χ1n) is 8.63. The van der Waals surface area contributed by atoms with E-state index in [1.54, 1.807) is 30.3 Å². The van der Waals surface area contributed by atoms with Crippen molar-refractivity contribution in [3.8, 4) is 11.5 Å². The highest BCUT2D eigenvalue weighted by Crippen LogP contribution is 2.21. The van der Waals surface area contributed by atoms with Crippen LogP contribution in [0.3, 0.4) is 0 Å². The van der Waals surface area contributed by atoms with Gasteiger partial charge in [-0.25, -0.2) is 4.79 Å². The first kappa shape index (κ1) is 18.4. The lowest BCUT2D eigenvalue weighted by Crippen LogP contribution is -2.15. The Kier molecular flexibility index (Phi) is 5.67. The second-order valence-electron chi connectivity index (χ2n) is 6.26. The molecule has 0 N–H and O–H groups in total. The van der Waals surface area contributed by atoms with Crippen molar-refractivity contribution in [2.45, 2.75) is 13.8 Å². The second kappa shape index (κ2) is 8.32. The molecule has 4 nitrogen and oxygen atoms in total. The quantitative estimate of drug-likeness (QED) is 0.451. The zero-order chi connectivity index (χ0) is 19.2. The van der Waals surface area contributed by atoms with Crippen molar-refractivity contribution in [2.24, 2.45) is 0 Å². The molecule has 0 aliphatic heterocycles. The topological polar surface area (TPSA) is 52.6 Å². The third-order valence-electron chi connectivity index (χ3n) is 4.10. The zero-order valence-electron chi connectivity index (χ0n) is 15.3. The van der Waals surface area contributed by atoms with Gasteiger partial charge in [0.15, 0.2) is 6.61 Å². The van der Waals surface area contributed by atoms with Crippen LogP contribution < -0.4 is 4.74 Å². The van der Waals surface area contributed by atoms with Gasteiger partial charge >= 0.3 is 5.97 Å². The molecular weight excluding hydrogens is 340 g/mol. The first-order valence-corrected chi connectivity index (χ1v) is 8.63. The van der Waals surface area contributed by atoms with Crippen LogP contribution in [0.25, 0.3) is 0 Å². The van der Waals surface area contributed by atoms with Gasteiger partial charge in [0.05, 0.1) is 5.56 Å². The highest BCUT2D eigenvalue weighted by Gasteiger charge is 2.14. The molecule has 3 rings (SSSR count). The lowest BCUT2D eigenvalue weighted by molar-refractivity contribution is 0.0474. The van der Waals surface area contributed by atoms with Gasteiger partial charge in [0.2, 0.25) is 5.78 Å². The first-order chi connectivity index (χ1) is 13.0. The van der Waals surface area contributed by atoms with E-state index in [4.69, 9.17) is 9.47 Å². The van der Waals surface area contributed by atoms with Gasteiger partial charge in [-0.2, -0.15) is 0 Å². The highest BCUT2D eigenvalue weighted by molar-refractivity contribution is 6.00. The summed E-state index contributed by atoms with van der Waals surface area (Å²) in [7, 11) is 0. The zero-order valence-corrected chi connectivity index (χ0v) is 15.3. The summed E-state index contributed by atoms with van der Waals surface area (Å²) in [6.45, 7) is 3.49. The Morgan fingerprint density at radius 1 is 0.815 bits per heavy atom. The molecule has 4 heteroatoms. The van der Waals surface area contributed by atoms with Crippen molar-refractivity contribution in [2.75, 3.05) is 6.61 Å². The average molecular weight is 360 g/mol. The van der Waals surface area contributed by atoms with Crippen LogP contribution in [0.5, 0.6) is 11.5 Å². The molecule has 0 aliphatic carbocycles. The summed E-state index contributed by atoms with van der Waals surface area (Å²) < 4.78 is 10.9. The highest BCUT2D eigenvalue weighted by atomic mass is 16.5. The van der Waals surface area contributed by atoms with Crippen LogP contribution in [0, 0.1) is 13.8 Å². The molecule has 0 radical (unpaired) electrons. The second-order valence-corrected chi connectivity index (χ2v) is 6.26. The van der Waals surface area contributed by atoms with E-state index in [9.17, 15) is 9.59 Å². The number of hydrogen-bond donors (Lipinski definition) is 0. The SMILES string of the molecule is Cc1ccc(C)c(C(=O)COC(=O)c2ccc(Oc3ccccc3)cc2)c1. The Labute approximate surface area is 158 Å². The largest absolute Gasteiger partial charge is 0.457 e. The molecule has 0 spiro atoms. The molecule has 0 amide bonds. The molecular formula is C23H20O4. The molecule has 0 aliphatic rings. The predicted molar refractivity (Wildman–Crippen MR) is 103 cm³/mol. The van der Waals surface area contributed by atoms with Crippen LogP contribution in [-0.2, 0) is 4.74 Å². The van der Waals surface area contributed by atoms with E-state index < -0.39 is 5.97 Å². The van der Waals surface area contributed by atoms with Crippen molar-refractivity contribution < 1.29 is 19.1 Å². The van der Waals surface area contributed by atoms with Crippen molar-refractivity contribution in [3.05, 3.63) is 95.1 Å². The van der Waals surface area contributed by atoms with Crippen molar-refractivity contribution in [3.63, 3.8) is 0 Å². The van der Waals surface area contributed by atoms with Crippen molar-refractivity contribution in [1.82, 2.24) is 0 Å². The van der Waals surface area contributed by atoms with E-state index in [1.807, 2.05) is 56.3 Å². The van der Waals surface area contributed by atoms with Crippen LogP contribution in [0.4, 0.5) is 0 Å². The monoisotopic (exact) mass is 360 g/mol. The summed E-state index contributed by atoms with van der Waals surface area (Å²) in [4.78, 5) is 24.5. The Hall–Kier alpha value is -3.40. The Morgan fingerprint density at radius 2 is 1.48 bits per heavy atom. The molecule has 136 valence electrons. The van der Waals surface area contributed by atoms with Gasteiger partial charge in [-0.1, -0.05) is 35.9 Å². The number of hydrogen-bond acceptors (Lipinski definition) is 4. The lowest BCUT2D eigenvalue weighted by Gasteiger charge is -2.08. The number of ketones is 1. The van der Waals surface area contributed by atoms with Gasteiger partial charge in [-0.05, 0) is 61.9 Å². The van der Waals surface area contributed by atoms with Gasteiger partial charge in [0.1, 0.15) is 11.5 Å². The number of aryl methyl sites for hydroxylation is 2. The number of Topliss-reactive ketones (excluding diaryl/α,β-unsaturated/α-hetero) is 1. The maximum atomic E-state index is 12.3. The van der Waals surface area contributed by atoms with Crippen LogP contribution in [0.15, 0.2) is 72.8 Å². The van der Waals surface area contributed by atoms with E-state index in [0.717, 1.165) is 11.1 Å². The summed E-state index contributed by atoms with van der Waals surface area (Å²) in [5.74, 6) is 0.574. The smallest absolute Gasteiger partial charge is 0.338 e. The minimum atomic E-state index is -0.542. The number of carbonyl (C=O) groups is 2. The summed E-state index contributed by atoms with van der Waals surface area (Å²) in [6, 6.07) is 21.6. The number of esters is 1. The molecule has 0 heterocycles. The third-order valence-corrected chi connectivity index (χ3v) is 4.10. The molecule has 0 unspecified atom stereocenters. The average Bonchev–Trinajstić information content (AvgIpc) is 2.69. The Morgan fingerprint density at radius 3 is 2.19 bits per heavy atom. The number of ether oxygens (including phenoxy) is 2. The molecule has 3 aromatic rings. The Balaban J connectivity index is 1.59. The maximum absolute atomic E-state index is 12.3. The van der Waals surface area contributed by atoms with Gasteiger partial charge in [0, 0.05) is 5.56 Å². The van der Waals surface area contributed by atoms with Crippen LogP contribution in [0.2, 0.25) is 0 Å². The standard InChI is InChI=1S/C23H20O4/c1-16-8-9-17(2)21(14-16)22(24)15-26-23(25)18-10-12-20(13-11-18)27-19-6-4-3-5-7-19/h3-14H,15H2,1-2H3. The molecule has 0 atom stereocenters. The minimum Gasteiger partial charge on any atom is -0.457 e. The minimum absolute atomic E-state index is 0.214. The van der Waals surface area contributed by atoms with Gasteiger partial charge in [-0.15, -0.1) is 0 Å². The van der Waals surface area contributed by atoms with Gasteiger partial charge < -0.3 is 9.47 Å². The molecule has 0 bridgehead atoms. The number of carbonyl (C=O) groups excluding carboxylic acids is 2. The summed E-state index contributed by atoms with van der Waals surface area (Å²) in [5, 5.41) is 0. The molecule has 3 aromatic carbocycles. The number of rotatable bonds is 6. The molecule has 0 saturated heterocycles. The van der Waals surface area contributed by atoms with E-state index in [1.165, 1.54) is 0 Å². The van der Waals surface area contributed by atoms with Gasteiger partial charge in [0.25, 0.3) is 0 Å². The third kappa shape index (κ3) is 4.82. The van der Waals surface area contributed by atoms with E-state index >= 15 is 0 Å². The fourth-order valence-corrected chi connectivity index (χ4v) is 2.61. The summed E-state index contributed by atoms with van der Waals surface area (Å²) in [6.07, 6.45) is 0. The molecule has 0 saturated carbocycles. The van der Waals surface area contributed by atoms with E-state index in [2.05, 4.69) is 0 Å². The van der Waals surface area contributed by atoms with Crippen LogP contribution in [0.1, 0.15) is 31.8 Å². The van der Waals surface area contributed by atoms with Gasteiger partial charge in [-0.3, -0.25) is 4.79 Å². The normalized spacial score (nSPS) is 10.3. The summed E-state index contributed by atoms with van der Waals surface area (Å²) >= 11 is 0. The number of para-hydroxylation sites is 1. The van der Waals surface area contributed by atoms with Crippen LogP contribution in [-0.4, -0.2) is 18.4 Å². The maximum Gasteiger partial charge on any atom is 0.338 e. The molecule has 0 aromatic heterocycles. The fraction of sp³-hybridized carbons (Fsp3) is 0.130. The molecule has 0 fully saturated rings.